The Morgan fingerprint density at radius 2 is 1.83 bits per heavy atom. The van der Waals surface area contributed by atoms with E-state index < -0.39 is 23.5 Å². The number of nitrogens with zero attached hydrogens (tertiary/aromatic N) is 1. The second-order valence-electron chi connectivity index (χ2n) is 9.19. The van der Waals surface area contributed by atoms with Crippen molar-refractivity contribution in [3.63, 3.8) is 0 Å². The molecule has 6 rings (SSSR count). The van der Waals surface area contributed by atoms with Crippen LogP contribution in [0.15, 0.2) is 42.5 Å². The maximum Gasteiger partial charge on any atom is 0.231 e. The summed E-state index contributed by atoms with van der Waals surface area (Å²) in [6, 6.07) is 8.94. The van der Waals surface area contributed by atoms with E-state index >= 15 is 0 Å². The largest absolute Gasteiger partial charge is 0.493 e. The van der Waals surface area contributed by atoms with E-state index in [2.05, 4.69) is 5.32 Å². The summed E-state index contributed by atoms with van der Waals surface area (Å²) in [6.45, 7) is 0.956. The maximum atomic E-state index is 13.6. The van der Waals surface area contributed by atoms with Crippen LogP contribution >= 0.6 is 0 Å². The second-order valence-corrected chi connectivity index (χ2v) is 9.19. The van der Waals surface area contributed by atoms with Crippen molar-refractivity contribution in [3.8, 4) is 28.7 Å². The average molecular weight is 495 g/mol. The Bertz CT molecular complexity index is 1250. The molecule has 36 heavy (non-hydrogen) atoms. The Morgan fingerprint density at radius 3 is 2.56 bits per heavy atom. The number of carbonyl (C=O) groups excluding carboxylic acids is 2. The molecule has 10 nitrogen and oxygen atoms in total. The van der Waals surface area contributed by atoms with Crippen molar-refractivity contribution >= 4 is 17.5 Å². The number of fused-ring (bicyclic) bond motifs is 2. The van der Waals surface area contributed by atoms with Crippen LogP contribution in [0.1, 0.15) is 5.56 Å². The molecule has 2 amide bonds. The van der Waals surface area contributed by atoms with Gasteiger partial charge in [0.2, 0.25) is 24.4 Å². The van der Waals surface area contributed by atoms with Crippen LogP contribution in [0.3, 0.4) is 0 Å². The number of carbonyl (C=O) groups is 2. The lowest BCUT2D eigenvalue weighted by molar-refractivity contribution is -0.136. The normalized spacial score (nSPS) is 26.8. The highest BCUT2D eigenvalue weighted by Gasteiger charge is 2.66. The third-order valence-corrected chi connectivity index (χ3v) is 7.22. The van der Waals surface area contributed by atoms with E-state index in [9.17, 15) is 9.59 Å². The van der Waals surface area contributed by atoms with Crippen LogP contribution in [0.4, 0.5) is 5.69 Å². The zero-order valence-electron chi connectivity index (χ0n) is 20.1. The summed E-state index contributed by atoms with van der Waals surface area (Å²) in [6.07, 6.45) is 3.35. The summed E-state index contributed by atoms with van der Waals surface area (Å²) in [5, 5.41) is 2.92. The molecule has 4 heterocycles. The van der Waals surface area contributed by atoms with Crippen LogP contribution < -0.4 is 29.0 Å². The summed E-state index contributed by atoms with van der Waals surface area (Å²) >= 11 is 0. The van der Waals surface area contributed by atoms with E-state index in [-0.39, 0.29) is 18.6 Å². The highest BCUT2D eigenvalue weighted by Crippen LogP contribution is 2.52. The fraction of sp³-hybridized carbons (Fsp3) is 0.385. The van der Waals surface area contributed by atoms with Crippen LogP contribution in [0.25, 0.3) is 0 Å². The number of nitrogens with one attached hydrogen (secondary N) is 1. The quantitative estimate of drug-likeness (QED) is 0.585. The van der Waals surface area contributed by atoms with Crippen molar-refractivity contribution in [3.05, 3.63) is 48.0 Å². The van der Waals surface area contributed by atoms with Gasteiger partial charge in [-0.15, -0.1) is 0 Å². The molecule has 2 fully saturated rings. The molecule has 4 aliphatic heterocycles. The van der Waals surface area contributed by atoms with Gasteiger partial charge >= 0.3 is 0 Å². The predicted octanol–water partition coefficient (Wildman–Crippen LogP) is 2.36. The van der Waals surface area contributed by atoms with E-state index in [1.165, 1.54) is 21.3 Å². The number of benzene rings is 2. The SMILES string of the molecule is COc1cc(NC(=O)[C@H]2[C@H]3C=C[C@]4(CN(Cc5ccc6c(c5)OCO6)C(=O)[C@@H]24)O3)cc(OC)c1OC. The molecule has 0 saturated carbocycles. The van der Waals surface area contributed by atoms with Gasteiger partial charge in [0, 0.05) is 24.4 Å². The average Bonchev–Trinajstić information content (AvgIpc) is 3.64. The van der Waals surface area contributed by atoms with E-state index in [1.54, 1.807) is 17.0 Å². The molecule has 0 unspecified atom stereocenters. The Kier molecular flexibility index (Phi) is 5.22. The summed E-state index contributed by atoms with van der Waals surface area (Å²) < 4.78 is 33.2. The first-order chi connectivity index (χ1) is 17.5. The zero-order chi connectivity index (χ0) is 25.0. The molecule has 4 atom stereocenters. The van der Waals surface area contributed by atoms with Crippen molar-refractivity contribution in [2.75, 3.05) is 40.0 Å². The monoisotopic (exact) mass is 494 g/mol. The van der Waals surface area contributed by atoms with Gasteiger partial charge in [0.15, 0.2) is 23.0 Å². The molecule has 1 N–H and O–H groups in total. The number of ether oxygens (including phenoxy) is 6. The Morgan fingerprint density at radius 1 is 1.08 bits per heavy atom. The fourth-order valence-corrected chi connectivity index (χ4v) is 5.65. The minimum absolute atomic E-state index is 0.107. The number of hydrogen-bond acceptors (Lipinski definition) is 8. The van der Waals surface area contributed by atoms with Crippen LogP contribution in [-0.4, -0.2) is 63.1 Å². The van der Waals surface area contributed by atoms with Gasteiger partial charge in [-0.25, -0.2) is 0 Å². The summed E-state index contributed by atoms with van der Waals surface area (Å²) in [5.74, 6) is 0.931. The first-order valence-corrected chi connectivity index (χ1v) is 11.6. The van der Waals surface area contributed by atoms with Gasteiger partial charge in [-0.3, -0.25) is 9.59 Å². The fourth-order valence-electron chi connectivity index (χ4n) is 5.65. The van der Waals surface area contributed by atoms with Gasteiger partial charge in [-0.1, -0.05) is 18.2 Å². The number of methoxy groups -OCH3 is 3. The molecule has 2 aromatic rings. The molecule has 0 aliphatic carbocycles. The number of anilines is 1. The third kappa shape index (κ3) is 3.35. The predicted molar refractivity (Wildman–Crippen MR) is 126 cm³/mol. The maximum absolute atomic E-state index is 13.6. The van der Waals surface area contributed by atoms with Crippen molar-refractivity contribution < 1.29 is 38.0 Å². The van der Waals surface area contributed by atoms with Gasteiger partial charge < -0.3 is 38.6 Å². The smallest absolute Gasteiger partial charge is 0.231 e. The van der Waals surface area contributed by atoms with Crippen LogP contribution in [-0.2, 0) is 20.9 Å². The molecule has 10 heteroatoms. The van der Waals surface area contributed by atoms with E-state index in [4.69, 9.17) is 28.4 Å². The van der Waals surface area contributed by atoms with Crippen LogP contribution in [0.2, 0.25) is 0 Å². The molecule has 0 aromatic heterocycles. The molecule has 2 aromatic carbocycles. The van der Waals surface area contributed by atoms with Gasteiger partial charge in [0.05, 0.1) is 45.8 Å². The highest BCUT2D eigenvalue weighted by atomic mass is 16.7. The lowest BCUT2D eigenvalue weighted by Gasteiger charge is -2.24. The number of rotatable bonds is 7. The van der Waals surface area contributed by atoms with Crippen molar-refractivity contribution in [2.45, 2.75) is 18.2 Å². The first kappa shape index (κ1) is 22.5. The second kappa shape index (κ2) is 8.34. The molecular weight excluding hydrogens is 468 g/mol. The molecule has 188 valence electrons. The summed E-state index contributed by atoms with van der Waals surface area (Å²) in [7, 11) is 4.53. The van der Waals surface area contributed by atoms with Crippen molar-refractivity contribution in [1.29, 1.82) is 0 Å². The molecular formula is C26H26N2O8. The summed E-state index contributed by atoms with van der Waals surface area (Å²) in [4.78, 5) is 28.8. The molecule has 2 bridgehead atoms. The Labute approximate surface area is 207 Å². The molecule has 2 saturated heterocycles. The van der Waals surface area contributed by atoms with Gasteiger partial charge in [-0.2, -0.15) is 0 Å². The van der Waals surface area contributed by atoms with Gasteiger partial charge in [-0.05, 0) is 17.7 Å². The Hall–Kier alpha value is -3.92. The highest BCUT2D eigenvalue weighted by molar-refractivity contribution is 5.99. The lowest BCUT2D eigenvalue weighted by atomic mass is 9.77. The molecule has 0 radical (unpaired) electrons. The summed E-state index contributed by atoms with van der Waals surface area (Å²) in [5.41, 5.74) is 0.578. The Balaban J connectivity index is 1.23. The van der Waals surface area contributed by atoms with E-state index in [0.717, 1.165) is 5.56 Å². The van der Waals surface area contributed by atoms with E-state index in [0.29, 0.717) is 47.5 Å². The zero-order valence-corrected chi connectivity index (χ0v) is 20.1. The first-order valence-electron chi connectivity index (χ1n) is 11.6. The third-order valence-electron chi connectivity index (χ3n) is 7.22. The van der Waals surface area contributed by atoms with Crippen molar-refractivity contribution in [1.82, 2.24) is 4.90 Å². The lowest BCUT2D eigenvalue weighted by Crippen LogP contribution is -2.41. The van der Waals surface area contributed by atoms with Crippen molar-refractivity contribution in [2.24, 2.45) is 11.8 Å². The standard InChI is InChI=1S/C26H26N2O8/c1-31-19-9-15(10-20(32-2)23(19)33-3)27-24(29)21-17-6-7-26(36-17)12-28(25(30)22(21)26)11-14-4-5-16-18(8-14)35-13-34-16/h4-10,17,21-22H,11-13H2,1-3H3,(H,27,29)/t17-,21+,22-,26-/m1/s1. The van der Waals surface area contributed by atoms with Gasteiger partial charge in [0.1, 0.15) is 5.60 Å². The minimum atomic E-state index is -0.810. The van der Waals surface area contributed by atoms with E-state index in [1.807, 2.05) is 30.4 Å². The molecule has 1 spiro atoms. The number of likely N-dealkylation sites (tertiary alicyclic amines) is 1. The number of amides is 2. The van der Waals surface area contributed by atoms with Crippen LogP contribution in [0, 0.1) is 11.8 Å². The van der Waals surface area contributed by atoms with Crippen LogP contribution in [0.5, 0.6) is 28.7 Å². The van der Waals surface area contributed by atoms with Gasteiger partial charge in [0.25, 0.3) is 0 Å². The molecule has 4 aliphatic rings. The topological polar surface area (TPSA) is 105 Å². The number of hydrogen-bond donors (Lipinski definition) is 1. The minimum Gasteiger partial charge on any atom is -0.493 e.